The standard InChI is InChI=1S/C15H19BrClNO2.C15H19ClINO2.C15H20ClNO2.C11H13ClINO2.C6H5ClIN/c1-14(2,3)20-13(19)18-8-15(4,5)9-6-10(16)11(17)7-12(9)18;1-10(2)9-18(14(19)20-15(3,4)5)13-8-11(16)6-7-12(13)17;1-14(2,3)19-13(18)17-9-15(4,5)11-7-6-10(16)8-12(11)17;1-11(2,3)16-10(15)14-9-6-7(12)4-5-8(9)13;7-4-1-2-5(8)6(9)3-4/h6-7H,8H2,1-5H3;6-8H,1,9H2,2-5H3;6-8H,9H2,1-5H3;4-6H,1-3H3,(H,14,15);1-3H,9H2. The first-order chi connectivity index (χ1) is 38.2. The lowest BCUT2D eigenvalue weighted by atomic mass is 9.87. The van der Waals surface area contributed by atoms with Gasteiger partial charge in [-0.15, -0.1) is 0 Å². The molecule has 22 heteroatoms. The molecule has 0 unspecified atom stereocenters. The summed E-state index contributed by atoms with van der Waals surface area (Å²) in [5, 5.41) is 5.72. The van der Waals surface area contributed by atoms with Crippen LogP contribution in [0.25, 0.3) is 0 Å². The highest BCUT2D eigenvalue weighted by Gasteiger charge is 2.41. The van der Waals surface area contributed by atoms with Crippen molar-refractivity contribution < 1.29 is 38.1 Å². The molecule has 84 heavy (non-hydrogen) atoms. The molecule has 3 N–H and O–H groups in total. The van der Waals surface area contributed by atoms with Crippen molar-refractivity contribution in [1.29, 1.82) is 0 Å². The minimum Gasteiger partial charge on any atom is -0.444 e. The van der Waals surface area contributed by atoms with E-state index in [1.165, 1.54) is 0 Å². The van der Waals surface area contributed by atoms with Crippen LogP contribution < -0.4 is 25.8 Å². The molecule has 2 heterocycles. The first-order valence-corrected chi connectivity index (χ1v) is 32.2. The summed E-state index contributed by atoms with van der Waals surface area (Å²) in [4.78, 5) is 53.4. The first-order valence-electron chi connectivity index (χ1n) is 26.3. The van der Waals surface area contributed by atoms with Crippen LogP contribution in [0.4, 0.5) is 47.6 Å². The molecule has 0 radical (unpaired) electrons. The van der Waals surface area contributed by atoms with E-state index in [0.717, 1.165) is 54.6 Å². The van der Waals surface area contributed by atoms with Gasteiger partial charge in [0.25, 0.3) is 0 Å². The molecule has 5 aromatic carbocycles. The maximum Gasteiger partial charge on any atom is 0.415 e. The van der Waals surface area contributed by atoms with Crippen molar-refractivity contribution in [3.8, 4) is 0 Å². The Kier molecular flexibility index (Phi) is 27.6. The van der Waals surface area contributed by atoms with E-state index in [2.05, 4.69) is 123 Å². The number of hydrogen-bond acceptors (Lipinski definition) is 9. The van der Waals surface area contributed by atoms with Gasteiger partial charge in [0.2, 0.25) is 0 Å². The molecule has 2 aliphatic rings. The molecule has 13 nitrogen and oxygen atoms in total. The van der Waals surface area contributed by atoms with Crippen molar-refractivity contribution in [2.75, 3.05) is 45.4 Å². The molecule has 0 aromatic heterocycles. The molecule has 460 valence electrons. The van der Waals surface area contributed by atoms with E-state index in [-0.39, 0.29) is 23.0 Å². The zero-order valence-corrected chi connectivity index (χ0v) is 62.3. The number of anilines is 5. The van der Waals surface area contributed by atoms with Crippen LogP contribution in [0.15, 0.2) is 102 Å². The second-order valence-electron chi connectivity index (χ2n) is 24.9. The highest BCUT2D eigenvalue weighted by atomic mass is 127. The highest BCUT2D eigenvalue weighted by Crippen LogP contribution is 2.45. The highest BCUT2D eigenvalue weighted by molar-refractivity contribution is 14.1. The molecule has 5 aromatic rings. The largest absolute Gasteiger partial charge is 0.444 e. The van der Waals surface area contributed by atoms with Crippen LogP contribution in [-0.4, -0.2) is 66.4 Å². The van der Waals surface area contributed by atoms with Crippen LogP contribution >= 0.6 is 142 Å². The van der Waals surface area contributed by atoms with E-state index in [1.807, 2.05) is 145 Å². The van der Waals surface area contributed by atoms with Gasteiger partial charge >= 0.3 is 24.4 Å². The van der Waals surface area contributed by atoms with E-state index in [9.17, 15) is 19.2 Å². The second-order valence-corrected chi connectivity index (χ2v) is 31.4. The van der Waals surface area contributed by atoms with Gasteiger partial charge in [-0.3, -0.25) is 20.0 Å². The Labute approximate surface area is 571 Å². The van der Waals surface area contributed by atoms with Crippen LogP contribution in [0.5, 0.6) is 0 Å². The smallest absolute Gasteiger partial charge is 0.415 e. The molecular weight excluding hydrogens is 1580 g/mol. The minimum absolute atomic E-state index is 0.0865. The lowest BCUT2D eigenvalue weighted by molar-refractivity contribution is 0.0568. The number of benzene rings is 5. The van der Waals surface area contributed by atoms with Crippen molar-refractivity contribution >= 4 is 195 Å². The normalized spacial score (nSPS) is 13.7. The zero-order valence-electron chi connectivity index (χ0n) is 50.5. The number of ether oxygens (including phenoxy) is 4. The summed E-state index contributed by atoms with van der Waals surface area (Å²) in [7, 11) is 0. The first kappa shape index (κ1) is 75.1. The van der Waals surface area contributed by atoms with E-state index >= 15 is 0 Å². The van der Waals surface area contributed by atoms with Gasteiger partial charge in [-0.05, 0) is 264 Å². The molecule has 7 rings (SSSR count). The van der Waals surface area contributed by atoms with Crippen molar-refractivity contribution in [1.82, 2.24) is 0 Å². The predicted octanol–water partition coefficient (Wildman–Crippen LogP) is 21.6. The number of amides is 4. The Hall–Kier alpha value is -3.16. The quantitative estimate of drug-likeness (QED) is 0.0775. The number of fused-ring (bicyclic) bond motifs is 2. The summed E-state index contributed by atoms with van der Waals surface area (Å²) in [5.41, 5.74) is 10.2. The number of nitrogen functional groups attached to an aromatic ring is 1. The third-order valence-electron chi connectivity index (χ3n) is 11.1. The van der Waals surface area contributed by atoms with E-state index in [4.69, 9.17) is 82.7 Å². The summed E-state index contributed by atoms with van der Waals surface area (Å²) in [6.45, 7) is 37.9. The number of hydrogen-bond donors (Lipinski definition) is 2. The van der Waals surface area contributed by atoms with E-state index in [0.29, 0.717) is 50.4 Å². The lowest BCUT2D eigenvalue weighted by Gasteiger charge is -2.28. The van der Waals surface area contributed by atoms with Crippen LogP contribution in [0.3, 0.4) is 0 Å². The second kappa shape index (κ2) is 30.8. The summed E-state index contributed by atoms with van der Waals surface area (Å²) >= 11 is 39.6. The Balaban J connectivity index is 0.000000280. The van der Waals surface area contributed by atoms with Crippen LogP contribution in [0.1, 0.15) is 129 Å². The maximum absolute atomic E-state index is 12.4. The van der Waals surface area contributed by atoms with Crippen molar-refractivity contribution in [3.05, 3.63) is 149 Å². The fraction of sp³-hybridized carbons (Fsp3) is 0.419. The summed E-state index contributed by atoms with van der Waals surface area (Å²) < 4.78 is 25.2. The van der Waals surface area contributed by atoms with E-state index in [1.54, 1.807) is 45.0 Å². The average Bonchev–Trinajstić information content (AvgIpc) is 1.98. The topological polar surface area (TPSA) is 153 Å². The molecule has 2 aliphatic heterocycles. The molecule has 0 atom stereocenters. The van der Waals surface area contributed by atoms with Gasteiger partial charge < -0.3 is 24.7 Å². The van der Waals surface area contributed by atoms with Gasteiger partial charge in [-0.2, -0.15) is 0 Å². The number of carbonyl (C=O) groups is 4. The average molecular weight is 1660 g/mol. The number of carbonyl (C=O) groups excluding carboxylic acids is 4. The summed E-state index contributed by atoms with van der Waals surface area (Å²) in [6, 6.07) is 25.6. The minimum atomic E-state index is -0.547. The summed E-state index contributed by atoms with van der Waals surface area (Å²) in [6.07, 6.45) is -1.53. The Bertz CT molecular complexity index is 3190. The Morgan fingerprint density at radius 2 is 1.01 bits per heavy atom. The van der Waals surface area contributed by atoms with Crippen LogP contribution in [0, 0.1) is 10.7 Å². The predicted molar refractivity (Wildman–Crippen MR) is 379 cm³/mol. The lowest BCUT2D eigenvalue weighted by Crippen LogP contribution is -2.38. The van der Waals surface area contributed by atoms with Gasteiger partial charge in [0, 0.05) is 71.4 Å². The van der Waals surface area contributed by atoms with Gasteiger partial charge in [-0.1, -0.05) is 104 Å². The fourth-order valence-electron chi connectivity index (χ4n) is 7.74. The number of nitrogens with one attached hydrogen (secondary N) is 1. The number of nitrogens with zero attached hydrogens (tertiary/aromatic N) is 3. The molecule has 0 bridgehead atoms. The molecule has 0 spiro atoms. The number of nitrogens with two attached hydrogens (primary N) is 1. The van der Waals surface area contributed by atoms with Gasteiger partial charge in [-0.25, -0.2) is 19.2 Å². The Morgan fingerprint density at radius 1 is 0.595 bits per heavy atom. The third kappa shape index (κ3) is 24.8. The molecule has 0 aliphatic carbocycles. The molecule has 0 fully saturated rings. The SMILES string of the molecule is C=C(C)CN(C(=O)OC(C)(C)C)c1cc(Cl)ccc1I.CC(C)(C)OC(=O)N1CC(C)(C)c2cc(Br)c(Cl)cc21.CC(C)(C)OC(=O)N1CC(C)(C)c2ccc(Cl)cc21.CC(C)(C)OC(=O)Nc1cc(Cl)ccc1I.Nc1cc(Cl)ccc1I. The fourth-order valence-corrected chi connectivity index (χ4v) is 10.4. The van der Waals surface area contributed by atoms with Crippen molar-refractivity contribution in [2.24, 2.45) is 0 Å². The van der Waals surface area contributed by atoms with E-state index < -0.39 is 34.6 Å². The number of rotatable bonds is 4. The Morgan fingerprint density at radius 3 is 1.48 bits per heavy atom. The van der Waals surface area contributed by atoms with Crippen LogP contribution in [0.2, 0.25) is 25.1 Å². The zero-order chi connectivity index (χ0) is 64.4. The van der Waals surface area contributed by atoms with Crippen molar-refractivity contribution in [2.45, 2.75) is 151 Å². The molecule has 4 amide bonds. The van der Waals surface area contributed by atoms with Crippen molar-refractivity contribution in [3.63, 3.8) is 0 Å². The van der Waals surface area contributed by atoms with Gasteiger partial charge in [0.1, 0.15) is 22.4 Å². The molecule has 0 saturated carbocycles. The van der Waals surface area contributed by atoms with Crippen LogP contribution in [-0.2, 0) is 29.8 Å². The van der Waals surface area contributed by atoms with Gasteiger partial charge in [0.05, 0.1) is 27.8 Å². The number of halogens is 9. The monoisotopic (exact) mass is 1650 g/mol. The third-order valence-corrected chi connectivity index (χ3v) is 16.1. The maximum atomic E-state index is 12.4. The summed E-state index contributed by atoms with van der Waals surface area (Å²) in [5.74, 6) is 0. The molecule has 0 saturated heterocycles. The molecular formula is C62H76BrCl5I3N5O8. The van der Waals surface area contributed by atoms with Gasteiger partial charge in [0.15, 0.2) is 0 Å².